The highest BCUT2D eigenvalue weighted by molar-refractivity contribution is 6.08. The summed E-state index contributed by atoms with van der Waals surface area (Å²) in [6.45, 7) is 1.50. The van der Waals surface area contributed by atoms with E-state index in [-0.39, 0.29) is 122 Å². The highest BCUT2D eigenvalue weighted by atomic mass is 16.2. The topological polar surface area (TPSA) is 431 Å². The third-order valence-corrected chi connectivity index (χ3v) is 15.1. The van der Waals surface area contributed by atoms with E-state index in [9.17, 15) is 57.5 Å². The number of nitrogens with zero attached hydrogens (tertiary/aromatic N) is 12. The Morgan fingerprint density at radius 1 is 0.333 bits per heavy atom. The molecule has 0 aromatic carbocycles. The van der Waals surface area contributed by atoms with E-state index in [1.54, 1.807) is 96.5 Å². The molecule has 0 unspecified atom stereocenters. The smallest absolute Gasteiger partial charge is 0.292 e. The summed E-state index contributed by atoms with van der Waals surface area (Å²) in [7, 11) is 16.8. The molecule has 36 heteroatoms. The molecule has 0 radical (unpaired) electrons. The number of imidazole rings is 3. The molecule has 8 rings (SSSR count). The van der Waals surface area contributed by atoms with Crippen molar-refractivity contribution in [2.24, 2.45) is 56.4 Å². The second kappa shape index (κ2) is 32.9. The molecular weight excluding hydrogens is 1280 g/mol. The number of aryl methyl sites for hydroxylation is 8. The van der Waals surface area contributed by atoms with Crippen molar-refractivity contribution in [3.8, 4) is 0 Å². The van der Waals surface area contributed by atoms with Crippen molar-refractivity contribution < 1.29 is 57.5 Å². The fourth-order valence-electron chi connectivity index (χ4n) is 10.1. The zero-order valence-corrected chi connectivity index (χ0v) is 56.3. The highest BCUT2D eigenvalue weighted by Gasteiger charge is 2.24. The Bertz CT molecular complexity index is 4370. The average Bonchev–Trinajstić information content (AvgIpc) is 1.70. The second-order valence-electron chi connectivity index (χ2n) is 23.5. The molecule has 0 saturated heterocycles. The monoisotopic (exact) mass is 1360 g/mol. The lowest BCUT2D eigenvalue weighted by molar-refractivity contribution is -0.121. The SMILES string of the molecule is CN(C)CCCNC(=O)CCNC(=O)c1cc(NC(=O)c2cc(NC(=O)CCNC(=O)c3cc(NC(=O)c4cc(NC(=O)CCCNC(=O)c5nc(NC(=O)c6nc(NC(=O)CCNC(=O)c7cc(NC(=O)c8nccn8C)cn7C)cn6C)cn5C)cn4C)cn3C)cn2C)cn1C. The molecule has 99 heavy (non-hydrogen) atoms. The Morgan fingerprint density at radius 2 is 0.687 bits per heavy atom. The van der Waals surface area contributed by atoms with E-state index in [1.165, 1.54) is 82.5 Å². The van der Waals surface area contributed by atoms with Crippen molar-refractivity contribution in [2.45, 2.75) is 38.5 Å². The normalized spacial score (nSPS) is 11.0. The Kier molecular flexibility index (Phi) is 24.0. The maximum atomic E-state index is 13.4. The minimum absolute atomic E-state index is 0.00607. The molecule has 8 aromatic rings. The average molecular weight is 1370 g/mol. The number of carbonyl (C=O) groups is 12. The van der Waals surface area contributed by atoms with Crippen LogP contribution in [-0.4, -0.2) is 181 Å². The molecule has 0 aliphatic carbocycles. The van der Waals surface area contributed by atoms with E-state index >= 15 is 0 Å². The van der Waals surface area contributed by atoms with E-state index in [2.05, 4.69) is 78.8 Å². The van der Waals surface area contributed by atoms with Gasteiger partial charge >= 0.3 is 0 Å². The summed E-state index contributed by atoms with van der Waals surface area (Å²) in [6.07, 6.45) is 14.6. The van der Waals surface area contributed by atoms with Crippen LogP contribution in [0.4, 0.5) is 40.1 Å². The summed E-state index contributed by atoms with van der Waals surface area (Å²) in [4.78, 5) is 170. The number of amides is 12. The maximum Gasteiger partial charge on any atom is 0.292 e. The third kappa shape index (κ3) is 19.9. The van der Waals surface area contributed by atoms with Crippen LogP contribution < -0.4 is 63.8 Å². The van der Waals surface area contributed by atoms with Crippen LogP contribution in [0.1, 0.15) is 123 Å². The van der Waals surface area contributed by atoms with Gasteiger partial charge < -0.3 is 105 Å². The van der Waals surface area contributed by atoms with Gasteiger partial charge in [-0.05, 0) is 63.8 Å². The van der Waals surface area contributed by atoms with E-state index in [0.29, 0.717) is 35.0 Å². The number of nitrogens with one attached hydrogen (secondary N) is 12. The summed E-state index contributed by atoms with van der Waals surface area (Å²) >= 11 is 0. The lowest BCUT2D eigenvalue weighted by atomic mass is 10.3. The van der Waals surface area contributed by atoms with Gasteiger partial charge in [0.25, 0.3) is 47.3 Å². The fourth-order valence-corrected chi connectivity index (χ4v) is 10.1. The van der Waals surface area contributed by atoms with Gasteiger partial charge in [-0.15, -0.1) is 0 Å². The van der Waals surface area contributed by atoms with Crippen LogP contribution in [0.25, 0.3) is 0 Å². The first-order valence-electron chi connectivity index (χ1n) is 31.1. The molecule has 8 heterocycles. The molecular formula is C63H80N24O12. The Morgan fingerprint density at radius 3 is 1.12 bits per heavy atom. The van der Waals surface area contributed by atoms with Crippen LogP contribution in [0, 0.1) is 0 Å². The number of hydrogen-bond donors (Lipinski definition) is 12. The molecule has 0 spiro atoms. The van der Waals surface area contributed by atoms with Gasteiger partial charge in [0.2, 0.25) is 35.3 Å². The molecule has 0 aliphatic rings. The first kappa shape index (κ1) is 72.5. The summed E-state index contributed by atoms with van der Waals surface area (Å²) in [5.41, 5.74) is 2.75. The van der Waals surface area contributed by atoms with Crippen molar-refractivity contribution in [3.63, 3.8) is 0 Å². The number of carbonyl (C=O) groups excluding carboxylic acids is 12. The first-order valence-corrected chi connectivity index (χ1v) is 31.1. The molecule has 8 aromatic heterocycles. The number of aromatic nitrogens is 11. The van der Waals surface area contributed by atoms with E-state index < -0.39 is 65.0 Å². The molecule has 12 amide bonds. The highest BCUT2D eigenvalue weighted by Crippen LogP contribution is 2.21. The van der Waals surface area contributed by atoms with Crippen LogP contribution in [0.2, 0.25) is 0 Å². The van der Waals surface area contributed by atoms with Crippen molar-refractivity contribution in [3.05, 3.63) is 132 Å². The van der Waals surface area contributed by atoms with Crippen molar-refractivity contribution in [2.75, 3.05) is 90.6 Å². The van der Waals surface area contributed by atoms with Crippen molar-refractivity contribution in [1.29, 1.82) is 0 Å². The minimum atomic E-state index is -0.694. The molecule has 524 valence electrons. The molecule has 0 atom stereocenters. The number of rotatable bonds is 32. The Balaban J connectivity index is 0.700. The van der Waals surface area contributed by atoms with Gasteiger partial charge in [0.05, 0.1) is 28.4 Å². The fraction of sp³-hybridized carbons (Fsp3) is 0.349. The van der Waals surface area contributed by atoms with E-state index in [0.717, 1.165) is 13.0 Å². The quantitative estimate of drug-likeness (QED) is 0.0266. The predicted molar refractivity (Wildman–Crippen MR) is 363 cm³/mol. The van der Waals surface area contributed by atoms with E-state index in [4.69, 9.17) is 0 Å². The third-order valence-electron chi connectivity index (χ3n) is 15.1. The standard InChI is InChI=1S/C63H80N24O12/c1-79(2)23-12-18-64-49(88)14-19-67-56(92)42-27-39(32-81(42)4)73-60(96)46-26-38(31-85(46)8)71-51(90)15-20-68-57(93)43-28-40(33-82(43)5)72-59(95)45-25-37(30-84(45)7)70-50(89)13-11-17-66-61(97)54-77-48(36-86(54)9)78-63(99)55-76-47(35-87(55)10)75-52(91)16-21-69-58(94)44-29-41(34-83(44)6)74-62(98)53-65-22-24-80(53)3/h22,24-36H,11-21,23H2,1-10H3,(H,64,88)(H,66,97)(H,67,92)(H,68,93)(H,69,94)(H,70,89)(H,71,90)(H,72,95)(H,73,96)(H,74,98)(H,75,91)(H,78,99). The Labute approximate surface area is 567 Å². The van der Waals surface area contributed by atoms with E-state index in [1.807, 2.05) is 19.0 Å². The molecule has 0 saturated carbocycles. The molecule has 0 aliphatic heterocycles. The molecule has 0 bridgehead atoms. The zero-order valence-electron chi connectivity index (χ0n) is 56.3. The summed E-state index contributed by atoms with van der Waals surface area (Å²) in [6, 6.07) is 7.42. The van der Waals surface area contributed by atoms with Crippen LogP contribution in [-0.2, 0) is 75.6 Å². The largest absolute Gasteiger partial charge is 0.356 e. The van der Waals surface area contributed by atoms with Gasteiger partial charge in [0, 0.05) is 171 Å². The molecule has 0 fully saturated rings. The summed E-state index contributed by atoms with van der Waals surface area (Å²) in [5, 5.41) is 32.5. The van der Waals surface area contributed by atoms with Gasteiger partial charge in [-0.2, -0.15) is 0 Å². The lowest BCUT2D eigenvalue weighted by Gasteiger charge is -2.10. The molecule has 36 nitrogen and oxygen atoms in total. The second-order valence-corrected chi connectivity index (χ2v) is 23.5. The summed E-state index contributed by atoms with van der Waals surface area (Å²) in [5.74, 6) is -5.55. The Hall–Kier alpha value is -12.4. The van der Waals surface area contributed by atoms with Crippen LogP contribution >= 0.6 is 0 Å². The van der Waals surface area contributed by atoms with Crippen LogP contribution in [0.3, 0.4) is 0 Å². The van der Waals surface area contributed by atoms with Crippen LogP contribution in [0.15, 0.2) is 86.1 Å². The number of hydrogen-bond acceptors (Lipinski definition) is 16. The molecule has 12 N–H and O–H groups in total. The van der Waals surface area contributed by atoms with Gasteiger partial charge in [-0.25, -0.2) is 15.0 Å². The lowest BCUT2D eigenvalue weighted by Crippen LogP contribution is -2.32. The van der Waals surface area contributed by atoms with Gasteiger partial charge in [0.1, 0.15) is 28.5 Å². The van der Waals surface area contributed by atoms with Gasteiger partial charge in [-0.1, -0.05) is 0 Å². The zero-order chi connectivity index (χ0) is 71.8. The first-order chi connectivity index (χ1) is 47.1. The van der Waals surface area contributed by atoms with Gasteiger partial charge in [-0.3, -0.25) is 57.5 Å². The minimum Gasteiger partial charge on any atom is -0.356 e. The van der Waals surface area contributed by atoms with Crippen LogP contribution in [0.5, 0.6) is 0 Å². The van der Waals surface area contributed by atoms with Gasteiger partial charge in [0.15, 0.2) is 17.5 Å². The predicted octanol–water partition coefficient (Wildman–Crippen LogP) is 1.44. The number of anilines is 7. The van der Waals surface area contributed by atoms with Crippen molar-refractivity contribution in [1.82, 2.24) is 83.0 Å². The summed E-state index contributed by atoms with van der Waals surface area (Å²) < 4.78 is 11.9. The van der Waals surface area contributed by atoms with Crippen molar-refractivity contribution >= 4 is 111 Å². The maximum absolute atomic E-state index is 13.4.